The van der Waals surface area contributed by atoms with Gasteiger partial charge in [0.1, 0.15) is 5.82 Å². The summed E-state index contributed by atoms with van der Waals surface area (Å²) in [5.41, 5.74) is 1.24. The number of nitrogens with one attached hydrogen (secondary N) is 1. The van der Waals surface area contributed by atoms with Gasteiger partial charge < -0.3 is 10.4 Å². The Morgan fingerprint density at radius 3 is 2.52 bits per heavy atom. The van der Waals surface area contributed by atoms with Crippen LogP contribution in [0.25, 0.3) is 11.4 Å². The van der Waals surface area contributed by atoms with Crippen LogP contribution in [0.2, 0.25) is 0 Å². The molecule has 1 fully saturated rings. The number of rotatable bonds is 7. The first-order valence-electron chi connectivity index (χ1n) is 8.47. The lowest BCUT2D eigenvalue weighted by molar-refractivity contribution is -0.384. The van der Waals surface area contributed by atoms with Gasteiger partial charge in [0.25, 0.3) is 5.69 Å². The predicted octanol–water partition coefficient (Wildman–Crippen LogP) is 3.19. The maximum atomic E-state index is 10.8. The Labute approximate surface area is 146 Å². The molecule has 3 rings (SSSR count). The lowest BCUT2D eigenvalue weighted by Gasteiger charge is -2.29. The number of hydrogen-bond acceptors (Lipinski definition) is 6. The molecular weight excluding hydrogens is 320 g/mol. The third kappa shape index (κ3) is 3.76. The second-order valence-corrected chi connectivity index (χ2v) is 6.70. The molecule has 2 N–H and O–H groups in total. The summed E-state index contributed by atoms with van der Waals surface area (Å²) in [6.45, 7) is 4.05. The van der Waals surface area contributed by atoms with Gasteiger partial charge in [0.2, 0.25) is 0 Å². The molecule has 1 aliphatic carbocycles. The molecule has 7 heteroatoms. The van der Waals surface area contributed by atoms with Crippen LogP contribution >= 0.6 is 0 Å². The van der Waals surface area contributed by atoms with Crippen LogP contribution in [-0.2, 0) is 6.42 Å². The molecule has 0 bridgehead atoms. The average molecular weight is 342 g/mol. The molecule has 0 saturated heterocycles. The summed E-state index contributed by atoms with van der Waals surface area (Å²) < 4.78 is 0. The summed E-state index contributed by atoms with van der Waals surface area (Å²) in [5, 5.41) is 24.0. The van der Waals surface area contributed by atoms with Gasteiger partial charge in [-0.25, -0.2) is 9.97 Å². The Hall–Kier alpha value is -2.54. The lowest BCUT2D eigenvalue weighted by Crippen LogP contribution is -2.41. The van der Waals surface area contributed by atoms with Crippen molar-refractivity contribution >= 4 is 11.5 Å². The van der Waals surface area contributed by atoms with Crippen molar-refractivity contribution in [2.75, 3.05) is 11.9 Å². The van der Waals surface area contributed by atoms with Gasteiger partial charge in [-0.1, -0.05) is 6.92 Å². The van der Waals surface area contributed by atoms with Crippen molar-refractivity contribution in [2.45, 2.75) is 38.6 Å². The van der Waals surface area contributed by atoms with Crippen molar-refractivity contribution in [1.82, 2.24) is 9.97 Å². The van der Waals surface area contributed by atoms with Crippen molar-refractivity contribution in [3.05, 3.63) is 46.1 Å². The quantitative estimate of drug-likeness (QED) is 0.592. The number of nitro benzene ring substituents is 1. The Morgan fingerprint density at radius 1 is 1.32 bits per heavy atom. The number of hydrogen-bond donors (Lipinski definition) is 2. The van der Waals surface area contributed by atoms with E-state index in [0.717, 1.165) is 30.5 Å². The van der Waals surface area contributed by atoms with E-state index < -0.39 is 10.5 Å². The topological polar surface area (TPSA) is 101 Å². The molecule has 1 saturated carbocycles. The number of aliphatic hydroxyl groups excluding tert-OH is 1. The number of nitrogens with zero attached hydrogens (tertiary/aromatic N) is 3. The van der Waals surface area contributed by atoms with E-state index >= 15 is 0 Å². The van der Waals surface area contributed by atoms with Crippen molar-refractivity contribution < 1.29 is 10.0 Å². The minimum absolute atomic E-state index is 0.0373. The maximum absolute atomic E-state index is 10.8. The molecule has 1 aromatic heterocycles. The first-order chi connectivity index (χ1) is 11.9. The van der Waals surface area contributed by atoms with E-state index in [4.69, 9.17) is 0 Å². The second kappa shape index (κ2) is 6.76. The number of nitro groups is 1. The third-order valence-electron chi connectivity index (χ3n) is 4.70. The van der Waals surface area contributed by atoms with Gasteiger partial charge in [-0.3, -0.25) is 10.1 Å². The van der Waals surface area contributed by atoms with Crippen molar-refractivity contribution in [3.8, 4) is 11.4 Å². The van der Waals surface area contributed by atoms with E-state index in [9.17, 15) is 15.2 Å². The van der Waals surface area contributed by atoms with E-state index in [1.807, 2.05) is 19.9 Å². The zero-order valence-electron chi connectivity index (χ0n) is 14.4. The number of anilines is 1. The van der Waals surface area contributed by atoms with Gasteiger partial charge in [-0.05, 0) is 44.2 Å². The van der Waals surface area contributed by atoms with Gasteiger partial charge in [0.05, 0.1) is 17.1 Å². The molecule has 7 nitrogen and oxygen atoms in total. The molecule has 0 radical (unpaired) electrons. The molecule has 0 aliphatic heterocycles. The van der Waals surface area contributed by atoms with E-state index in [0.29, 0.717) is 17.6 Å². The molecular formula is C18H22N4O3. The monoisotopic (exact) mass is 342 g/mol. The van der Waals surface area contributed by atoms with Crippen LogP contribution in [0, 0.1) is 16.0 Å². The average Bonchev–Trinajstić information content (AvgIpc) is 3.47. The van der Waals surface area contributed by atoms with Crippen molar-refractivity contribution in [3.63, 3.8) is 0 Å². The Kier molecular flexibility index (Phi) is 4.67. The van der Waals surface area contributed by atoms with E-state index in [1.165, 1.54) is 12.1 Å². The lowest BCUT2D eigenvalue weighted by atomic mass is 9.97. The first kappa shape index (κ1) is 17.3. The summed E-state index contributed by atoms with van der Waals surface area (Å²) in [6.07, 6.45) is 2.95. The minimum atomic E-state index is -0.428. The first-order valence-corrected chi connectivity index (χ1v) is 8.47. The van der Waals surface area contributed by atoms with Gasteiger partial charge in [-0.2, -0.15) is 0 Å². The van der Waals surface area contributed by atoms with Crippen LogP contribution in [0.3, 0.4) is 0 Å². The summed E-state index contributed by atoms with van der Waals surface area (Å²) in [6, 6.07) is 8.11. The molecule has 1 heterocycles. The molecule has 0 amide bonds. The predicted molar refractivity (Wildman–Crippen MR) is 95.3 cm³/mol. The van der Waals surface area contributed by atoms with E-state index in [1.54, 1.807) is 12.1 Å². The summed E-state index contributed by atoms with van der Waals surface area (Å²) >= 11 is 0. The molecule has 1 unspecified atom stereocenters. The fourth-order valence-electron chi connectivity index (χ4n) is 2.89. The number of benzene rings is 1. The largest absolute Gasteiger partial charge is 0.394 e. The Morgan fingerprint density at radius 2 is 2.00 bits per heavy atom. The normalized spacial score (nSPS) is 16.3. The van der Waals surface area contributed by atoms with Crippen LogP contribution in [0.4, 0.5) is 11.5 Å². The zero-order chi connectivity index (χ0) is 18.0. The molecule has 1 atom stereocenters. The van der Waals surface area contributed by atoms with Crippen molar-refractivity contribution in [1.29, 1.82) is 0 Å². The van der Waals surface area contributed by atoms with Crippen LogP contribution in [0.15, 0.2) is 30.3 Å². The van der Waals surface area contributed by atoms with Crippen LogP contribution in [0.5, 0.6) is 0 Å². The SMILES string of the molecule is CCc1cc(NC(C)(CO)C2CC2)nc(-c2ccc([N+](=O)[O-])cc2)n1. The maximum Gasteiger partial charge on any atom is 0.269 e. The molecule has 0 spiro atoms. The van der Waals surface area contributed by atoms with E-state index in [2.05, 4.69) is 15.3 Å². The van der Waals surface area contributed by atoms with Gasteiger partial charge in [0, 0.05) is 29.5 Å². The number of non-ortho nitro benzene ring substituents is 1. The van der Waals surface area contributed by atoms with Crippen molar-refractivity contribution in [2.24, 2.45) is 5.92 Å². The highest BCUT2D eigenvalue weighted by atomic mass is 16.6. The third-order valence-corrected chi connectivity index (χ3v) is 4.70. The van der Waals surface area contributed by atoms with Gasteiger partial charge in [0.15, 0.2) is 5.82 Å². The molecule has 25 heavy (non-hydrogen) atoms. The number of aliphatic hydroxyl groups is 1. The molecule has 2 aromatic rings. The van der Waals surface area contributed by atoms with Crippen LogP contribution < -0.4 is 5.32 Å². The number of aryl methyl sites for hydroxylation is 1. The summed E-state index contributed by atoms with van der Waals surface area (Å²) in [7, 11) is 0. The molecule has 1 aliphatic rings. The highest BCUT2D eigenvalue weighted by molar-refractivity contribution is 5.60. The molecule has 132 valence electrons. The number of aromatic nitrogens is 2. The standard InChI is InChI=1S/C18H22N4O3/c1-3-14-10-16(21-18(2,11-23)13-6-7-13)20-17(19-14)12-4-8-15(9-5-12)22(24)25/h4-5,8-10,13,23H,3,6-7,11H2,1-2H3,(H,19,20,21). The van der Waals surface area contributed by atoms with Gasteiger partial charge in [-0.15, -0.1) is 0 Å². The smallest absolute Gasteiger partial charge is 0.269 e. The summed E-state index contributed by atoms with van der Waals surface area (Å²) in [5.74, 6) is 1.64. The second-order valence-electron chi connectivity index (χ2n) is 6.70. The Bertz CT molecular complexity index is 774. The fourth-order valence-corrected chi connectivity index (χ4v) is 2.89. The molecule has 1 aromatic carbocycles. The van der Waals surface area contributed by atoms with E-state index in [-0.39, 0.29) is 12.3 Å². The fraction of sp³-hybridized carbons (Fsp3) is 0.444. The summed E-state index contributed by atoms with van der Waals surface area (Å²) in [4.78, 5) is 19.5. The highest BCUT2D eigenvalue weighted by Gasteiger charge is 2.41. The zero-order valence-corrected chi connectivity index (χ0v) is 14.4. The Balaban J connectivity index is 1.93. The highest BCUT2D eigenvalue weighted by Crippen LogP contribution is 2.41. The minimum Gasteiger partial charge on any atom is -0.394 e. The van der Waals surface area contributed by atoms with Crippen LogP contribution in [0.1, 0.15) is 32.4 Å². The van der Waals surface area contributed by atoms with Crippen LogP contribution in [-0.4, -0.2) is 32.1 Å². The van der Waals surface area contributed by atoms with Gasteiger partial charge >= 0.3 is 0 Å².